The molecule has 0 saturated heterocycles. The second kappa shape index (κ2) is 8.07. The Morgan fingerprint density at radius 1 is 1.12 bits per heavy atom. The minimum absolute atomic E-state index is 0.0125. The molecule has 0 saturated carbocycles. The van der Waals surface area contributed by atoms with Crippen LogP contribution in [-0.2, 0) is 6.18 Å². The van der Waals surface area contributed by atoms with Crippen LogP contribution < -0.4 is 11.1 Å². The van der Waals surface area contributed by atoms with E-state index in [0.717, 1.165) is 17.7 Å². The molecule has 6 nitrogen and oxygen atoms in total. The summed E-state index contributed by atoms with van der Waals surface area (Å²) in [5, 5.41) is 6.67. The first-order valence-corrected chi connectivity index (χ1v) is 9.42. The van der Waals surface area contributed by atoms with Gasteiger partial charge in [-0.2, -0.15) is 18.3 Å². The van der Waals surface area contributed by atoms with Crippen LogP contribution in [0.15, 0.2) is 60.9 Å². The first-order chi connectivity index (χ1) is 15.2. The maximum Gasteiger partial charge on any atom is 0.418 e. The number of aromatic nitrogens is 3. The van der Waals surface area contributed by atoms with Gasteiger partial charge in [0.1, 0.15) is 5.69 Å². The zero-order valence-corrected chi connectivity index (χ0v) is 16.7. The molecule has 0 aliphatic rings. The average molecular weight is 435 g/mol. The molecule has 3 N–H and O–H groups in total. The Kier molecular flexibility index (Phi) is 5.28. The molecule has 0 atom stereocenters. The largest absolute Gasteiger partial charge is 0.418 e. The number of hydrogen-bond donors (Lipinski definition) is 2. The number of carbonyl (C=O) groups is 1. The van der Waals surface area contributed by atoms with Crippen molar-refractivity contribution in [3.05, 3.63) is 88.9 Å². The monoisotopic (exact) mass is 435 g/mol. The van der Waals surface area contributed by atoms with Crippen LogP contribution in [-0.4, -0.2) is 20.5 Å². The van der Waals surface area contributed by atoms with Crippen molar-refractivity contribution in [3.63, 3.8) is 0 Å². The second-order valence-electron chi connectivity index (χ2n) is 6.97. The van der Waals surface area contributed by atoms with Crippen molar-refractivity contribution in [2.45, 2.75) is 13.1 Å². The average Bonchev–Trinajstić information content (AvgIpc) is 3.17. The minimum atomic E-state index is -4.62. The molecule has 0 aliphatic carbocycles. The molecule has 2 heterocycles. The predicted molar refractivity (Wildman–Crippen MR) is 114 cm³/mol. The molecule has 1 amide bonds. The van der Waals surface area contributed by atoms with Gasteiger partial charge in [0.05, 0.1) is 11.8 Å². The normalized spacial score (nSPS) is 11.1. The Bertz CT molecular complexity index is 1400. The lowest BCUT2D eigenvalue weighted by Gasteiger charge is -2.13. The summed E-state index contributed by atoms with van der Waals surface area (Å²) in [5.74, 6) is 5.43. The molecular weight excluding hydrogens is 419 g/mol. The van der Waals surface area contributed by atoms with Gasteiger partial charge in [-0.25, -0.2) is 9.50 Å². The third-order valence-corrected chi connectivity index (χ3v) is 4.72. The van der Waals surface area contributed by atoms with Gasteiger partial charge in [-0.05, 0) is 60.9 Å². The van der Waals surface area contributed by atoms with Crippen molar-refractivity contribution in [2.75, 3.05) is 11.1 Å². The zero-order chi connectivity index (χ0) is 22.9. The van der Waals surface area contributed by atoms with Crippen LogP contribution in [0, 0.1) is 18.8 Å². The Morgan fingerprint density at radius 3 is 2.72 bits per heavy atom. The SMILES string of the molecule is Cc1ccc(C(=O)Nc2ccc(N)c(C(F)(F)F)c2)cc1C#Cc1cnc2cccnn12. The number of halogens is 3. The highest BCUT2D eigenvalue weighted by molar-refractivity contribution is 6.04. The molecule has 4 rings (SSSR count). The Balaban J connectivity index is 1.60. The van der Waals surface area contributed by atoms with Crippen molar-refractivity contribution < 1.29 is 18.0 Å². The molecule has 0 radical (unpaired) electrons. The molecule has 0 unspecified atom stereocenters. The lowest BCUT2D eigenvalue weighted by molar-refractivity contribution is -0.136. The van der Waals surface area contributed by atoms with Crippen LogP contribution in [0.3, 0.4) is 0 Å². The summed E-state index contributed by atoms with van der Waals surface area (Å²) in [4.78, 5) is 16.9. The smallest absolute Gasteiger partial charge is 0.398 e. The Morgan fingerprint density at radius 2 is 1.94 bits per heavy atom. The summed E-state index contributed by atoms with van der Waals surface area (Å²) in [6.45, 7) is 1.84. The van der Waals surface area contributed by atoms with E-state index >= 15 is 0 Å². The van der Waals surface area contributed by atoms with Gasteiger partial charge in [-0.1, -0.05) is 12.0 Å². The van der Waals surface area contributed by atoms with E-state index in [1.807, 2.05) is 6.92 Å². The maximum atomic E-state index is 13.1. The zero-order valence-electron chi connectivity index (χ0n) is 16.7. The van der Waals surface area contributed by atoms with Crippen molar-refractivity contribution in [3.8, 4) is 11.8 Å². The molecular formula is C23H16F3N5O. The van der Waals surface area contributed by atoms with E-state index in [9.17, 15) is 18.0 Å². The lowest BCUT2D eigenvalue weighted by Crippen LogP contribution is -2.14. The number of rotatable bonds is 2. The number of imidazole rings is 1. The Labute approximate surface area is 180 Å². The number of benzene rings is 2. The van der Waals surface area contributed by atoms with E-state index in [-0.39, 0.29) is 11.3 Å². The molecule has 0 fully saturated rings. The van der Waals surface area contributed by atoms with E-state index in [0.29, 0.717) is 16.9 Å². The fourth-order valence-electron chi connectivity index (χ4n) is 3.03. The standard InChI is InChI=1S/C23H16F3N5O/c1-14-4-5-16(22(32)30-17-7-9-20(27)19(12-17)23(24,25)26)11-15(14)6-8-18-13-28-21-3-2-10-29-31(18)21/h2-5,7,9-13H,27H2,1H3,(H,30,32). The van der Waals surface area contributed by atoms with Gasteiger partial charge in [-0.15, -0.1) is 0 Å². The summed E-state index contributed by atoms with van der Waals surface area (Å²) >= 11 is 0. The van der Waals surface area contributed by atoms with Gasteiger partial charge in [0.2, 0.25) is 0 Å². The fraction of sp³-hybridized carbons (Fsp3) is 0.0870. The molecule has 160 valence electrons. The third-order valence-electron chi connectivity index (χ3n) is 4.72. The number of alkyl halides is 3. The number of nitrogens with one attached hydrogen (secondary N) is 1. The van der Waals surface area contributed by atoms with Crippen molar-refractivity contribution in [1.82, 2.24) is 14.6 Å². The van der Waals surface area contributed by atoms with E-state index in [4.69, 9.17) is 5.73 Å². The van der Waals surface area contributed by atoms with Crippen LogP contribution in [0.4, 0.5) is 24.5 Å². The highest BCUT2D eigenvalue weighted by atomic mass is 19.4. The number of aryl methyl sites for hydroxylation is 1. The summed E-state index contributed by atoms with van der Waals surface area (Å²) in [5.41, 5.74) is 6.89. The molecule has 32 heavy (non-hydrogen) atoms. The number of nitrogens with two attached hydrogens (primary N) is 1. The summed E-state index contributed by atoms with van der Waals surface area (Å²) in [6.07, 6.45) is -1.40. The highest BCUT2D eigenvalue weighted by Gasteiger charge is 2.33. The first kappa shape index (κ1) is 20.9. The lowest BCUT2D eigenvalue weighted by atomic mass is 10.0. The van der Waals surface area contributed by atoms with Crippen LogP contribution in [0.25, 0.3) is 5.65 Å². The number of nitrogens with zero attached hydrogens (tertiary/aromatic N) is 3. The third kappa shape index (κ3) is 4.25. The van der Waals surface area contributed by atoms with Gasteiger partial charge in [0.25, 0.3) is 5.91 Å². The van der Waals surface area contributed by atoms with Gasteiger partial charge < -0.3 is 11.1 Å². The highest BCUT2D eigenvalue weighted by Crippen LogP contribution is 2.35. The molecule has 0 aliphatic heterocycles. The maximum absolute atomic E-state index is 13.1. The van der Waals surface area contributed by atoms with Crippen LogP contribution in [0.2, 0.25) is 0 Å². The second-order valence-corrected chi connectivity index (χ2v) is 6.97. The molecule has 0 bridgehead atoms. The number of hydrogen-bond acceptors (Lipinski definition) is 4. The number of nitrogen functional groups attached to an aromatic ring is 1. The van der Waals surface area contributed by atoms with Gasteiger partial charge in [0.15, 0.2) is 5.65 Å². The molecule has 4 aromatic rings. The summed E-state index contributed by atoms with van der Waals surface area (Å²) in [7, 11) is 0. The first-order valence-electron chi connectivity index (χ1n) is 9.42. The van der Waals surface area contributed by atoms with Crippen LogP contribution >= 0.6 is 0 Å². The van der Waals surface area contributed by atoms with E-state index in [1.54, 1.807) is 47.2 Å². The fourth-order valence-corrected chi connectivity index (χ4v) is 3.03. The predicted octanol–water partition coefficient (Wildman–Crippen LogP) is 4.29. The van der Waals surface area contributed by atoms with Crippen LogP contribution in [0.1, 0.15) is 32.7 Å². The van der Waals surface area contributed by atoms with Crippen molar-refractivity contribution in [1.29, 1.82) is 0 Å². The van der Waals surface area contributed by atoms with Crippen molar-refractivity contribution >= 4 is 22.9 Å². The quantitative estimate of drug-likeness (QED) is 0.363. The summed E-state index contributed by atoms with van der Waals surface area (Å²) in [6, 6.07) is 11.7. The molecule has 2 aromatic carbocycles. The number of carbonyl (C=O) groups excluding carboxylic acids is 1. The molecule has 9 heteroatoms. The van der Waals surface area contributed by atoms with E-state index in [2.05, 4.69) is 27.2 Å². The van der Waals surface area contributed by atoms with Gasteiger partial charge >= 0.3 is 6.18 Å². The van der Waals surface area contributed by atoms with E-state index < -0.39 is 23.3 Å². The number of amides is 1. The van der Waals surface area contributed by atoms with Gasteiger partial charge in [-0.3, -0.25) is 4.79 Å². The number of fused-ring (bicyclic) bond motifs is 1. The Hall–Kier alpha value is -4.32. The molecule has 2 aromatic heterocycles. The van der Waals surface area contributed by atoms with Crippen molar-refractivity contribution in [2.24, 2.45) is 0 Å². The number of anilines is 2. The minimum Gasteiger partial charge on any atom is -0.398 e. The van der Waals surface area contributed by atoms with Gasteiger partial charge in [0, 0.05) is 28.7 Å². The van der Waals surface area contributed by atoms with Crippen LogP contribution in [0.5, 0.6) is 0 Å². The topological polar surface area (TPSA) is 85.3 Å². The molecule has 0 spiro atoms. The van der Waals surface area contributed by atoms with E-state index in [1.165, 1.54) is 6.07 Å². The summed E-state index contributed by atoms with van der Waals surface area (Å²) < 4.78 is 40.8.